The zero-order valence-electron chi connectivity index (χ0n) is 16.9. The first-order valence-electron chi connectivity index (χ1n) is 10.2. The number of carbonyl (C=O) groups excluding carboxylic acids is 2. The molecule has 0 saturated carbocycles. The normalized spacial score (nSPS) is 20.1. The summed E-state index contributed by atoms with van der Waals surface area (Å²) in [5.74, 6) is -0.0533. The number of hydrogen-bond donors (Lipinski definition) is 3. The smallest absolute Gasteiger partial charge is 0.275 e. The van der Waals surface area contributed by atoms with Crippen molar-refractivity contribution in [2.75, 3.05) is 32.7 Å². The molecule has 1 amide bonds. The van der Waals surface area contributed by atoms with Gasteiger partial charge in [-0.05, 0) is 31.0 Å². The Balaban J connectivity index is 1.44. The van der Waals surface area contributed by atoms with Crippen LogP contribution in [0.15, 0.2) is 54.6 Å². The molecule has 0 bridgehead atoms. The molecule has 1 heterocycles. The van der Waals surface area contributed by atoms with Gasteiger partial charge in [-0.2, -0.15) is 0 Å². The van der Waals surface area contributed by atoms with Crippen LogP contribution in [-0.4, -0.2) is 50.5 Å². The van der Waals surface area contributed by atoms with E-state index in [1.807, 2.05) is 48.5 Å². The lowest BCUT2D eigenvalue weighted by Gasteiger charge is -2.29. The molecule has 0 unspecified atom stereocenters. The maximum Gasteiger partial charge on any atom is 0.275 e. The fourth-order valence-corrected chi connectivity index (χ4v) is 4.08. The average molecular weight is 416 g/mol. The number of piperazine rings is 1. The number of ketones is 1. The molecule has 1 saturated heterocycles. The predicted molar refractivity (Wildman–Crippen MR) is 114 cm³/mol. The summed E-state index contributed by atoms with van der Waals surface area (Å²) in [6, 6.07) is 17.4. The maximum atomic E-state index is 12.5. The van der Waals surface area contributed by atoms with Gasteiger partial charge in [-0.3, -0.25) is 9.59 Å². The summed E-state index contributed by atoms with van der Waals surface area (Å²) in [6.45, 7) is 6.87. The number of halogens is 1. The Morgan fingerprint density at radius 2 is 1.62 bits per heavy atom. The van der Waals surface area contributed by atoms with Crippen molar-refractivity contribution in [2.45, 2.75) is 25.9 Å². The van der Waals surface area contributed by atoms with Crippen LogP contribution in [0.25, 0.3) is 0 Å². The van der Waals surface area contributed by atoms with Crippen LogP contribution in [0.4, 0.5) is 0 Å². The lowest BCUT2D eigenvalue weighted by Crippen LogP contribution is -3.28. The summed E-state index contributed by atoms with van der Waals surface area (Å²) in [5.41, 5.74) is 2.30. The van der Waals surface area contributed by atoms with Gasteiger partial charge in [0, 0.05) is 10.6 Å². The highest BCUT2D eigenvalue weighted by molar-refractivity contribution is 6.30. The molecular formula is C23H30ClN3O2+2. The van der Waals surface area contributed by atoms with E-state index in [0.717, 1.165) is 43.3 Å². The molecule has 1 aliphatic heterocycles. The summed E-state index contributed by atoms with van der Waals surface area (Å²) in [6.07, 6.45) is 0.537. The van der Waals surface area contributed by atoms with Crippen molar-refractivity contribution in [2.24, 2.45) is 0 Å². The highest BCUT2D eigenvalue weighted by atomic mass is 35.5. The van der Waals surface area contributed by atoms with Crippen molar-refractivity contribution in [3.05, 3.63) is 70.7 Å². The largest absolute Gasteiger partial charge is 0.341 e. The van der Waals surface area contributed by atoms with E-state index in [4.69, 9.17) is 11.6 Å². The molecule has 6 heteroatoms. The van der Waals surface area contributed by atoms with Crippen molar-refractivity contribution in [3.63, 3.8) is 0 Å². The van der Waals surface area contributed by atoms with Crippen LogP contribution in [-0.2, 0) is 22.6 Å². The number of nitrogens with one attached hydrogen (secondary N) is 3. The van der Waals surface area contributed by atoms with Crippen LogP contribution in [0.1, 0.15) is 18.1 Å². The Bertz CT molecular complexity index is 820. The molecule has 1 atom stereocenters. The molecule has 1 fully saturated rings. The molecule has 0 aliphatic carbocycles. The number of benzene rings is 2. The van der Waals surface area contributed by atoms with Gasteiger partial charge in [0.25, 0.3) is 5.91 Å². The molecule has 0 aromatic heterocycles. The molecule has 0 spiro atoms. The van der Waals surface area contributed by atoms with Gasteiger partial charge in [-0.25, -0.2) is 0 Å². The minimum Gasteiger partial charge on any atom is -0.341 e. The van der Waals surface area contributed by atoms with E-state index in [9.17, 15) is 9.59 Å². The van der Waals surface area contributed by atoms with Crippen LogP contribution >= 0.6 is 11.6 Å². The fraction of sp³-hybridized carbons (Fsp3) is 0.391. The van der Waals surface area contributed by atoms with Crippen molar-refractivity contribution in [3.8, 4) is 0 Å². The van der Waals surface area contributed by atoms with Gasteiger partial charge in [0.1, 0.15) is 32.7 Å². The Labute approximate surface area is 177 Å². The molecule has 3 N–H and O–H groups in total. The number of rotatable bonds is 8. The lowest BCUT2D eigenvalue weighted by molar-refractivity contribution is -1.02. The summed E-state index contributed by atoms with van der Waals surface area (Å²) in [4.78, 5) is 27.3. The first-order chi connectivity index (χ1) is 14.0. The topological polar surface area (TPSA) is 55.0 Å². The Hall–Kier alpha value is -2.21. The molecule has 29 heavy (non-hydrogen) atoms. The highest BCUT2D eigenvalue weighted by Crippen LogP contribution is 2.09. The Kier molecular flexibility index (Phi) is 7.81. The minimum atomic E-state index is -0.459. The second-order valence-corrected chi connectivity index (χ2v) is 8.34. The zero-order valence-corrected chi connectivity index (χ0v) is 17.7. The van der Waals surface area contributed by atoms with Crippen LogP contribution in [0.5, 0.6) is 0 Å². The average Bonchev–Trinajstić information content (AvgIpc) is 2.70. The van der Waals surface area contributed by atoms with Crippen LogP contribution < -0.4 is 15.1 Å². The first-order valence-corrected chi connectivity index (χ1v) is 10.6. The van der Waals surface area contributed by atoms with Gasteiger partial charge < -0.3 is 15.1 Å². The number of quaternary nitrogens is 2. The SMILES string of the molecule is CC(=O)[C@@H](Cc1ccccc1)NC(=O)C[NH+]1CC[NH+](Cc2cccc(Cl)c2)CC1. The molecule has 5 nitrogen and oxygen atoms in total. The number of hydrogen-bond acceptors (Lipinski definition) is 2. The van der Waals surface area contributed by atoms with E-state index in [2.05, 4.69) is 11.4 Å². The van der Waals surface area contributed by atoms with E-state index in [-0.39, 0.29) is 11.7 Å². The van der Waals surface area contributed by atoms with Gasteiger partial charge in [0.2, 0.25) is 0 Å². The number of Topliss-reactive ketones (excluding diaryl/α,β-unsaturated/α-hetero) is 1. The quantitative estimate of drug-likeness (QED) is 0.566. The first kappa shape index (κ1) is 21.5. The third-order valence-electron chi connectivity index (χ3n) is 5.53. The Morgan fingerprint density at radius 1 is 0.966 bits per heavy atom. The number of carbonyl (C=O) groups is 2. The number of amides is 1. The predicted octanol–water partition coefficient (Wildman–Crippen LogP) is -0.0601. The molecule has 154 valence electrons. The Morgan fingerprint density at radius 3 is 2.28 bits per heavy atom. The molecule has 3 rings (SSSR count). The van der Waals surface area contributed by atoms with Gasteiger partial charge in [0.05, 0.1) is 6.04 Å². The second kappa shape index (κ2) is 10.5. The summed E-state index contributed by atoms with van der Waals surface area (Å²) in [5, 5.41) is 3.72. The van der Waals surface area contributed by atoms with Crippen molar-refractivity contribution in [1.29, 1.82) is 0 Å². The molecular weight excluding hydrogens is 386 g/mol. The third-order valence-corrected chi connectivity index (χ3v) is 5.76. The van der Waals surface area contributed by atoms with Gasteiger partial charge in [-0.1, -0.05) is 54.1 Å². The summed E-state index contributed by atoms with van der Waals surface area (Å²) < 4.78 is 0. The van der Waals surface area contributed by atoms with Crippen molar-refractivity contribution < 1.29 is 19.4 Å². The zero-order chi connectivity index (χ0) is 20.6. The highest BCUT2D eigenvalue weighted by Gasteiger charge is 2.26. The van der Waals surface area contributed by atoms with E-state index in [0.29, 0.717) is 13.0 Å². The molecule has 1 aliphatic rings. The van der Waals surface area contributed by atoms with Crippen LogP contribution in [0.3, 0.4) is 0 Å². The van der Waals surface area contributed by atoms with Crippen molar-refractivity contribution in [1.82, 2.24) is 5.32 Å². The third kappa shape index (κ3) is 6.96. The van der Waals surface area contributed by atoms with Gasteiger partial charge in [0.15, 0.2) is 12.3 Å². The van der Waals surface area contributed by atoms with E-state index in [1.165, 1.54) is 15.4 Å². The monoisotopic (exact) mass is 415 g/mol. The van der Waals surface area contributed by atoms with E-state index < -0.39 is 6.04 Å². The fourth-order valence-electron chi connectivity index (χ4n) is 3.86. The van der Waals surface area contributed by atoms with Gasteiger partial charge in [-0.15, -0.1) is 0 Å². The molecule has 2 aromatic rings. The van der Waals surface area contributed by atoms with E-state index >= 15 is 0 Å². The lowest BCUT2D eigenvalue weighted by atomic mass is 10.0. The minimum absolute atomic E-state index is 0.00649. The standard InChI is InChI=1S/C23H28ClN3O2/c1-18(28)22(15-19-6-3-2-4-7-19)25-23(29)17-27-12-10-26(11-13-27)16-20-8-5-9-21(24)14-20/h2-9,14,22H,10-13,15-17H2,1H3,(H,25,29)/p+2/t22-/m1/s1. The summed E-state index contributed by atoms with van der Waals surface area (Å²) in [7, 11) is 0. The second-order valence-electron chi connectivity index (χ2n) is 7.90. The van der Waals surface area contributed by atoms with E-state index in [1.54, 1.807) is 6.92 Å². The van der Waals surface area contributed by atoms with Gasteiger partial charge >= 0.3 is 0 Å². The molecule has 0 radical (unpaired) electrons. The maximum absolute atomic E-state index is 12.5. The van der Waals surface area contributed by atoms with Crippen LogP contribution in [0, 0.1) is 0 Å². The molecule has 2 aromatic carbocycles. The van der Waals surface area contributed by atoms with Crippen LogP contribution in [0.2, 0.25) is 5.02 Å². The van der Waals surface area contributed by atoms with Crippen molar-refractivity contribution >= 4 is 23.3 Å². The summed E-state index contributed by atoms with van der Waals surface area (Å²) >= 11 is 6.08.